The number of nitrogens with two attached hydrogens (primary N) is 1. The number of aliphatic carboxylic acids is 1. The lowest BCUT2D eigenvalue weighted by molar-refractivity contribution is -0.142. The van der Waals surface area contributed by atoms with Gasteiger partial charge in [-0.1, -0.05) is 12.1 Å². The summed E-state index contributed by atoms with van der Waals surface area (Å²) in [6, 6.07) is 6.53. The van der Waals surface area contributed by atoms with E-state index in [2.05, 4.69) is 4.72 Å². The molecule has 1 atom stereocenters. The number of rotatable bonds is 4. The Bertz CT molecular complexity index is 602. The summed E-state index contributed by atoms with van der Waals surface area (Å²) in [6.07, 6.45) is 1.02. The van der Waals surface area contributed by atoms with Gasteiger partial charge in [-0.3, -0.25) is 9.52 Å². The van der Waals surface area contributed by atoms with Crippen LogP contribution in [0.1, 0.15) is 12.8 Å². The van der Waals surface area contributed by atoms with Crippen molar-refractivity contribution in [2.75, 3.05) is 23.5 Å². The molecule has 0 radical (unpaired) electrons. The molecule has 0 spiro atoms. The van der Waals surface area contributed by atoms with Crippen LogP contribution in [0.25, 0.3) is 0 Å². The van der Waals surface area contributed by atoms with Gasteiger partial charge in [-0.15, -0.1) is 0 Å². The van der Waals surface area contributed by atoms with Crippen LogP contribution >= 0.6 is 0 Å². The second-order valence-corrected chi connectivity index (χ2v) is 6.40. The number of nitrogens with zero attached hydrogens (tertiary/aromatic N) is 1. The number of nitrogen functional groups attached to an aromatic ring is 1. The number of para-hydroxylation sites is 2. The highest BCUT2D eigenvalue weighted by molar-refractivity contribution is 7.90. The molecule has 1 saturated heterocycles. The zero-order valence-electron chi connectivity index (χ0n) is 10.8. The van der Waals surface area contributed by atoms with Crippen molar-refractivity contribution in [3.63, 3.8) is 0 Å². The minimum atomic E-state index is -3.79. The van der Waals surface area contributed by atoms with Gasteiger partial charge in [-0.2, -0.15) is 12.7 Å². The fourth-order valence-electron chi connectivity index (χ4n) is 2.16. The maximum absolute atomic E-state index is 12.2. The Morgan fingerprint density at radius 2 is 2.10 bits per heavy atom. The van der Waals surface area contributed by atoms with Crippen molar-refractivity contribution >= 4 is 27.6 Å². The number of piperidine rings is 1. The van der Waals surface area contributed by atoms with E-state index in [4.69, 9.17) is 10.8 Å². The second-order valence-electron chi connectivity index (χ2n) is 4.73. The van der Waals surface area contributed by atoms with Gasteiger partial charge in [0.15, 0.2) is 0 Å². The van der Waals surface area contributed by atoms with E-state index in [1.807, 2.05) is 0 Å². The molecular formula is C12H17N3O4S. The Hall–Kier alpha value is -1.80. The molecule has 1 unspecified atom stereocenters. The van der Waals surface area contributed by atoms with E-state index in [9.17, 15) is 13.2 Å². The fourth-order valence-corrected chi connectivity index (χ4v) is 3.49. The van der Waals surface area contributed by atoms with Crippen LogP contribution < -0.4 is 10.5 Å². The number of nitrogens with one attached hydrogen (secondary N) is 1. The van der Waals surface area contributed by atoms with Crippen LogP contribution in [-0.4, -0.2) is 36.9 Å². The summed E-state index contributed by atoms with van der Waals surface area (Å²) in [5, 5.41) is 8.99. The lowest BCUT2D eigenvalue weighted by atomic mass is 10.0. The SMILES string of the molecule is Nc1ccccc1NS(=O)(=O)N1CCCC(C(=O)O)C1. The first-order chi connectivity index (χ1) is 9.40. The maximum Gasteiger partial charge on any atom is 0.307 e. The monoisotopic (exact) mass is 299 g/mol. The van der Waals surface area contributed by atoms with E-state index in [1.165, 1.54) is 0 Å². The third-order valence-electron chi connectivity index (χ3n) is 3.27. The minimum Gasteiger partial charge on any atom is -0.481 e. The van der Waals surface area contributed by atoms with Crippen molar-refractivity contribution in [1.82, 2.24) is 4.31 Å². The zero-order valence-corrected chi connectivity index (χ0v) is 11.6. The molecule has 0 bridgehead atoms. The molecule has 8 heteroatoms. The maximum atomic E-state index is 12.2. The van der Waals surface area contributed by atoms with Gasteiger partial charge in [0.1, 0.15) is 0 Å². The molecular weight excluding hydrogens is 282 g/mol. The lowest BCUT2D eigenvalue weighted by Crippen LogP contribution is -2.44. The topological polar surface area (TPSA) is 113 Å². The van der Waals surface area contributed by atoms with Crippen LogP contribution in [-0.2, 0) is 15.0 Å². The van der Waals surface area contributed by atoms with Gasteiger partial charge in [0.2, 0.25) is 0 Å². The third-order valence-corrected chi connectivity index (χ3v) is 4.76. The van der Waals surface area contributed by atoms with Crippen LogP contribution in [0.15, 0.2) is 24.3 Å². The Morgan fingerprint density at radius 1 is 1.40 bits per heavy atom. The minimum absolute atomic E-state index is 0.0165. The van der Waals surface area contributed by atoms with Gasteiger partial charge in [0.05, 0.1) is 17.3 Å². The van der Waals surface area contributed by atoms with Crippen molar-refractivity contribution in [3.8, 4) is 0 Å². The molecule has 1 aliphatic heterocycles. The normalized spacial score (nSPS) is 20.5. The highest BCUT2D eigenvalue weighted by atomic mass is 32.2. The van der Waals surface area contributed by atoms with E-state index in [0.717, 1.165) is 4.31 Å². The first-order valence-corrected chi connectivity index (χ1v) is 7.69. The summed E-state index contributed by atoms with van der Waals surface area (Å²) in [5.41, 5.74) is 6.31. The lowest BCUT2D eigenvalue weighted by Gasteiger charge is -2.30. The molecule has 0 aromatic heterocycles. The third kappa shape index (κ3) is 3.20. The first kappa shape index (κ1) is 14.6. The predicted molar refractivity (Wildman–Crippen MR) is 75.3 cm³/mol. The van der Waals surface area contributed by atoms with Crippen molar-refractivity contribution < 1.29 is 18.3 Å². The second kappa shape index (κ2) is 5.68. The molecule has 0 saturated carbocycles. The quantitative estimate of drug-likeness (QED) is 0.709. The molecule has 4 N–H and O–H groups in total. The molecule has 20 heavy (non-hydrogen) atoms. The average Bonchev–Trinajstić information content (AvgIpc) is 2.41. The molecule has 1 heterocycles. The van der Waals surface area contributed by atoms with Crippen molar-refractivity contribution in [1.29, 1.82) is 0 Å². The predicted octanol–water partition coefficient (Wildman–Crippen LogP) is 0.722. The molecule has 1 aromatic rings. The van der Waals surface area contributed by atoms with E-state index in [-0.39, 0.29) is 6.54 Å². The Morgan fingerprint density at radius 3 is 2.75 bits per heavy atom. The number of hydrogen-bond acceptors (Lipinski definition) is 4. The number of hydrogen-bond donors (Lipinski definition) is 3. The smallest absolute Gasteiger partial charge is 0.307 e. The van der Waals surface area contributed by atoms with Gasteiger partial charge in [-0.05, 0) is 25.0 Å². The highest BCUT2D eigenvalue weighted by Crippen LogP contribution is 2.23. The largest absolute Gasteiger partial charge is 0.481 e. The highest BCUT2D eigenvalue weighted by Gasteiger charge is 2.32. The molecule has 110 valence electrons. The summed E-state index contributed by atoms with van der Waals surface area (Å²) >= 11 is 0. The number of carboxylic acids is 1. The summed E-state index contributed by atoms with van der Waals surface area (Å²) in [5.74, 6) is -1.63. The van der Waals surface area contributed by atoms with Crippen LogP contribution in [0.2, 0.25) is 0 Å². The van der Waals surface area contributed by atoms with Gasteiger partial charge < -0.3 is 10.8 Å². The van der Waals surface area contributed by atoms with E-state index < -0.39 is 22.1 Å². The summed E-state index contributed by atoms with van der Waals surface area (Å²) in [7, 11) is -3.79. The van der Waals surface area contributed by atoms with Crippen LogP contribution in [0.4, 0.5) is 11.4 Å². The van der Waals surface area contributed by atoms with Crippen LogP contribution in [0.5, 0.6) is 0 Å². The Balaban J connectivity index is 2.14. The average molecular weight is 299 g/mol. The molecule has 7 nitrogen and oxygen atoms in total. The van der Waals surface area contributed by atoms with E-state index >= 15 is 0 Å². The molecule has 2 rings (SSSR count). The summed E-state index contributed by atoms with van der Waals surface area (Å²) < 4.78 is 28.0. The molecule has 0 amide bonds. The number of benzene rings is 1. The molecule has 1 aromatic carbocycles. The van der Waals surface area contributed by atoms with Crippen molar-refractivity contribution in [2.24, 2.45) is 5.92 Å². The Kier molecular flexibility index (Phi) is 4.15. The van der Waals surface area contributed by atoms with Gasteiger partial charge in [-0.25, -0.2) is 0 Å². The number of carbonyl (C=O) groups is 1. The summed E-state index contributed by atoms with van der Waals surface area (Å²) in [6.45, 7) is 0.295. The van der Waals surface area contributed by atoms with Gasteiger partial charge in [0, 0.05) is 13.1 Å². The first-order valence-electron chi connectivity index (χ1n) is 6.25. The van der Waals surface area contributed by atoms with Crippen molar-refractivity contribution in [3.05, 3.63) is 24.3 Å². The zero-order chi connectivity index (χ0) is 14.8. The standard InChI is InChI=1S/C12H17N3O4S/c13-10-5-1-2-6-11(10)14-20(18,19)15-7-3-4-9(8-15)12(16)17/h1-2,5-6,9,14H,3-4,7-8,13H2,(H,16,17). The van der Waals surface area contributed by atoms with E-state index in [1.54, 1.807) is 24.3 Å². The van der Waals surface area contributed by atoms with Gasteiger partial charge >= 0.3 is 16.2 Å². The summed E-state index contributed by atoms with van der Waals surface area (Å²) in [4.78, 5) is 11.0. The number of carboxylic acid groups (broad SMARTS) is 1. The van der Waals surface area contributed by atoms with Crippen LogP contribution in [0, 0.1) is 5.92 Å². The Labute approximate surface area is 117 Å². The van der Waals surface area contributed by atoms with Crippen LogP contribution in [0.3, 0.4) is 0 Å². The van der Waals surface area contributed by atoms with Gasteiger partial charge in [0.25, 0.3) is 0 Å². The molecule has 1 fully saturated rings. The van der Waals surface area contributed by atoms with Crippen molar-refractivity contribution in [2.45, 2.75) is 12.8 Å². The fraction of sp³-hybridized carbons (Fsp3) is 0.417. The van der Waals surface area contributed by atoms with E-state index in [0.29, 0.717) is 30.8 Å². The molecule has 1 aliphatic rings. The molecule has 0 aliphatic carbocycles. The number of anilines is 2.